The smallest absolute Gasteiger partial charge is 0.0538 e. The van der Waals surface area contributed by atoms with E-state index in [1.165, 1.54) is 0 Å². The minimum absolute atomic E-state index is 1.75. The highest BCUT2D eigenvalue weighted by Crippen LogP contribution is 1.63. The molecule has 0 unspecified atom stereocenters. The molecule has 1 nitrogen and oxygen atoms in total. The van der Waals surface area contributed by atoms with Gasteiger partial charge < -0.3 is 0 Å². The maximum absolute atomic E-state index is 3.61. The van der Waals surface area contributed by atoms with E-state index in [0.29, 0.717) is 0 Å². The summed E-state index contributed by atoms with van der Waals surface area (Å²) in [6, 6.07) is 0. The van der Waals surface area contributed by atoms with E-state index in [1.54, 1.807) is 12.4 Å². The Kier molecular flexibility index (Phi) is 0.175. The molecule has 1 heteroatoms. The molecule has 1 aliphatic rings. The van der Waals surface area contributed by atoms with Crippen molar-refractivity contribution < 1.29 is 0 Å². The van der Waals surface area contributed by atoms with Gasteiger partial charge in [0.25, 0.3) is 0 Å². The van der Waals surface area contributed by atoms with Crippen molar-refractivity contribution in [3.63, 3.8) is 0 Å². The highest BCUT2D eigenvalue weighted by atomic mass is 14.7. The molecule has 0 aromatic heterocycles. The summed E-state index contributed by atoms with van der Waals surface area (Å²) in [5.74, 6) is 0. The molecule has 0 bridgehead atoms. The lowest BCUT2D eigenvalue weighted by atomic mass is 10.6. The fourth-order valence-electron chi connectivity index (χ4n) is 0.0861. The van der Waals surface area contributed by atoms with Crippen molar-refractivity contribution in [2.45, 2.75) is 0 Å². The molecule has 0 aromatic carbocycles. The molecule has 0 saturated carbocycles. The van der Waals surface area contributed by atoms with Gasteiger partial charge in [0.05, 0.1) is 11.1 Å². The van der Waals surface area contributed by atoms with Gasteiger partial charge in [-0.2, -0.15) is 0 Å². The molecule has 0 aromatic rings. The van der Waals surface area contributed by atoms with Crippen LogP contribution in [0.5, 0.6) is 0 Å². The minimum Gasteiger partial charge on any atom is 0.0538 e. The molecular formula is C3H3N+. The SMILES string of the molecule is C1=C[N+]=C1. The molecule has 0 spiro atoms. The van der Waals surface area contributed by atoms with Gasteiger partial charge in [0.2, 0.25) is 12.4 Å². The van der Waals surface area contributed by atoms with Gasteiger partial charge >= 0.3 is 0 Å². The molecule has 0 atom stereocenters. The Morgan fingerprint density at radius 3 is 1.75 bits per heavy atom. The van der Waals surface area contributed by atoms with Crippen LogP contribution in [0.4, 0.5) is 0 Å². The predicted octanol–water partition coefficient (Wildman–Crippen LogP) is -0.0797. The normalized spacial score (nSPS) is 16.0. The van der Waals surface area contributed by atoms with Crippen LogP contribution >= 0.6 is 0 Å². The Morgan fingerprint density at radius 1 is 1.50 bits per heavy atom. The van der Waals surface area contributed by atoms with Crippen LogP contribution in [0.3, 0.4) is 0 Å². The zero-order chi connectivity index (χ0) is 2.83. The molecule has 1 heterocycles. The van der Waals surface area contributed by atoms with E-state index in [9.17, 15) is 0 Å². The first-order chi connectivity index (χ1) is 2.00. The fourth-order valence-corrected chi connectivity index (χ4v) is 0.0861. The second-order valence-corrected chi connectivity index (χ2v) is 0.640. The molecule has 0 saturated heterocycles. The third kappa shape index (κ3) is 0.0204. The molecule has 1 radical (unpaired) electrons. The highest BCUT2D eigenvalue weighted by molar-refractivity contribution is 5.75. The van der Waals surface area contributed by atoms with Crippen molar-refractivity contribution in [2.75, 3.05) is 0 Å². The van der Waals surface area contributed by atoms with E-state index in [2.05, 4.69) is 4.99 Å². The van der Waals surface area contributed by atoms with E-state index in [1.807, 2.05) is 6.08 Å². The van der Waals surface area contributed by atoms with E-state index >= 15 is 0 Å². The summed E-state index contributed by atoms with van der Waals surface area (Å²) in [4.78, 5) is 3.61. The van der Waals surface area contributed by atoms with Gasteiger partial charge in [0.1, 0.15) is 0 Å². The average Bonchev–Trinajstić information content (AvgIpc) is 0.722. The fraction of sp³-hybridized carbons (Fsp3) is 0. The Labute approximate surface area is 24.7 Å². The number of nitrogens with zero attached hydrogens (tertiary/aromatic N) is 1. The molecule has 0 N–H and O–H groups in total. The molecule has 0 aliphatic carbocycles. The van der Waals surface area contributed by atoms with E-state index in [4.69, 9.17) is 0 Å². The molecule has 0 fully saturated rings. The molecular weight excluding hydrogens is 50.0 g/mol. The predicted molar refractivity (Wildman–Crippen MR) is 17.3 cm³/mol. The quantitative estimate of drug-likeness (QED) is 0.366. The van der Waals surface area contributed by atoms with Gasteiger partial charge in [0.15, 0.2) is 0 Å². The number of aliphatic imine (C=N–C) groups is 1. The number of rotatable bonds is 0. The van der Waals surface area contributed by atoms with Crippen LogP contribution in [0.1, 0.15) is 0 Å². The topological polar surface area (TPSA) is 14.1 Å². The summed E-state index contributed by atoms with van der Waals surface area (Å²) in [7, 11) is 0. The van der Waals surface area contributed by atoms with Gasteiger partial charge in [-0.15, -0.1) is 0 Å². The zero-order valence-corrected chi connectivity index (χ0v) is 2.18. The summed E-state index contributed by atoms with van der Waals surface area (Å²) in [5, 5.41) is 0. The third-order valence-electron chi connectivity index (χ3n) is 0.344. The van der Waals surface area contributed by atoms with Gasteiger partial charge in [0, 0.05) is 0 Å². The standard InChI is InChI=1S/C3H3N/c1-2-4-3-1/h1-3H/q+1. The summed E-state index contributed by atoms with van der Waals surface area (Å²) in [5.41, 5.74) is 0. The molecule has 1 rings (SSSR count). The molecule has 1 aliphatic heterocycles. The van der Waals surface area contributed by atoms with E-state index in [0.717, 1.165) is 0 Å². The summed E-state index contributed by atoms with van der Waals surface area (Å²) < 4.78 is 0. The van der Waals surface area contributed by atoms with Crippen molar-refractivity contribution in [1.82, 2.24) is 4.99 Å². The largest absolute Gasteiger partial charge is 0.248 e. The first kappa shape index (κ1) is 1.70. The third-order valence-corrected chi connectivity index (χ3v) is 0.344. The zero-order valence-electron chi connectivity index (χ0n) is 2.18. The number of allylic oxidation sites excluding steroid dienone is 1. The second kappa shape index (κ2) is 0.412. The van der Waals surface area contributed by atoms with Crippen molar-refractivity contribution in [2.24, 2.45) is 0 Å². The van der Waals surface area contributed by atoms with Crippen molar-refractivity contribution in [3.05, 3.63) is 12.3 Å². The van der Waals surface area contributed by atoms with Crippen LogP contribution in [-0.2, 0) is 0 Å². The number of hydrogen-bond acceptors (Lipinski definition) is 1. The molecule has 19 valence electrons. The van der Waals surface area contributed by atoms with E-state index < -0.39 is 0 Å². The lowest BCUT2D eigenvalue weighted by molar-refractivity contribution is 1.37. The first-order valence-corrected chi connectivity index (χ1v) is 1.18. The maximum atomic E-state index is 3.61. The lowest BCUT2D eigenvalue weighted by Crippen LogP contribution is -1.86. The van der Waals surface area contributed by atoms with Crippen LogP contribution in [-0.4, -0.2) is 6.21 Å². The van der Waals surface area contributed by atoms with Crippen molar-refractivity contribution in [1.29, 1.82) is 0 Å². The van der Waals surface area contributed by atoms with Gasteiger partial charge in [-0.3, -0.25) is 0 Å². The van der Waals surface area contributed by atoms with Crippen LogP contribution in [0.25, 0.3) is 0 Å². The highest BCUT2D eigenvalue weighted by Gasteiger charge is 1.87. The summed E-state index contributed by atoms with van der Waals surface area (Å²) in [6.45, 7) is 0. The Bertz CT molecular complexity index is 43.7. The first-order valence-electron chi connectivity index (χ1n) is 1.18. The minimum atomic E-state index is 1.75. The van der Waals surface area contributed by atoms with Crippen molar-refractivity contribution in [3.8, 4) is 0 Å². The molecule has 0 amide bonds. The van der Waals surface area contributed by atoms with Gasteiger partial charge in [-0.1, -0.05) is 0 Å². The number of hydrogen-bond donors (Lipinski definition) is 0. The Balaban J connectivity index is 2.67. The van der Waals surface area contributed by atoms with Crippen LogP contribution < -0.4 is 4.99 Å². The molecule has 4 heavy (non-hydrogen) atoms. The average molecular weight is 53.1 g/mol. The van der Waals surface area contributed by atoms with Crippen LogP contribution in [0.2, 0.25) is 0 Å². The maximum Gasteiger partial charge on any atom is 0.248 e. The van der Waals surface area contributed by atoms with Crippen LogP contribution in [0.15, 0.2) is 12.3 Å². The van der Waals surface area contributed by atoms with Crippen molar-refractivity contribution >= 4 is 6.21 Å². The Hall–Kier alpha value is -0.590. The monoisotopic (exact) mass is 53.0 g/mol. The van der Waals surface area contributed by atoms with Crippen LogP contribution in [0, 0.1) is 0 Å². The summed E-state index contributed by atoms with van der Waals surface area (Å²) in [6.07, 6.45) is 5.39. The lowest BCUT2D eigenvalue weighted by Gasteiger charge is -1.55. The van der Waals surface area contributed by atoms with E-state index in [-0.39, 0.29) is 0 Å². The Morgan fingerprint density at radius 2 is 1.75 bits per heavy atom. The second-order valence-electron chi connectivity index (χ2n) is 0.640. The van der Waals surface area contributed by atoms with Gasteiger partial charge in [-0.25, -0.2) is 0 Å². The summed E-state index contributed by atoms with van der Waals surface area (Å²) >= 11 is 0. The van der Waals surface area contributed by atoms with Gasteiger partial charge in [-0.05, 0) is 0 Å².